The highest BCUT2D eigenvalue weighted by atomic mass is 16.5. The minimum atomic E-state index is -0.852. The number of para-hydroxylation sites is 1. The van der Waals surface area contributed by atoms with Crippen LogP contribution in [0, 0.1) is 12.3 Å². The van der Waals surface area contributed by atoms with Crippen molar-refractivity contribution >= 4 is 17.4 Å². The normalized spacial score (nSPS) is 18.0. The monoisotopic (exact) mass is 377 g/mol. The molecule has 1 aliphatic rings. The SMILES string of the molecule is C#CCN1C(=O)C(=O)C(=C(O)c2ccc(OC)cc2)C1c1ccccc1OC. The molecule has 1 saturated heterocycles. The molecule has 1 N–H and O–H groups in total. The number of terminal acetylenes is 1. The summed E-state index contributed by atoms with van der Waals surface area (Å²) in [7, 11) is 3.03. The van der Waals surface area contributed by atoms with Crippen molar-refractivity contribution in [2.45, 2.75) is 6.04 Å². The first kappa shape index (κ1) is 19.1. The molecule has 0 bridgehead atoms. The van der Waals surface area contributed by atoms with E-state index in [1.165, 1.54) is 19.1 Å². The molecule has 0 aromatic heterocycles. The fourth-order valence-corrected chi connectivity index (χ4v) is 3.26. The number of benzene rings is 2. The molecule has 2 aromatic carbocycles. The molecule has 1 aliphatic heterocycles. The van der Waals surface area contributed by atoms with Gasteiger partial charge in [0.05, 0.1) is 32.4 Å². The molecule has 1 unspecified atom stereocenters. The predicted octanol–water partition coefficient (Wildman–Crippen LogP) is 2.76. The van der Waals surface area contributed by atoms with E-state index in [4.69, 9.17) is 15.9 Å². The summed E-state index contributed by atoms with van der Waals surface area (Å²) < 4.78 is 10.5. The number of aliphatic hydroxyl groups excluding tert-OH is 1. The second-order valence-electron chi connectivity index (χ2n) is 6.10. The summed E-state index contributed by atoms with van der Waals surface area (Å²) in [6, 6.07) is 12.7. The Morgan fingerprint density at radius 2 is 1.79 bits per heavy atom. The van der Waals surface area contributed by atoms with Crippen LogP contribution in [0.3, 0.4) is 0 Å². The minimum absolute atomic E-state index is 0.0325. The molecule has 6 nitrogen and oxygen atoms in total. The van der Waals surface area contributed by atoms with E-state index < -0.39 is 17.7 Å². The number of Topliss-reactive ketones (excluding diaryl/α,β-unsaturated/α-hetero) is 1. The van der Waals surface area contributed by atoms with Gasteiger partial charge in [0, 0.05) is 11.1 Å². The van der Waals surface area contributed by atoms with E-state index in [2.05, 4.69) is 5.92 Å². The van der Waals surface area contributed by atoms with Crippen LogP contribution in [-0.2, 0) is 9.59 Å². The lowest BCUT2D eigenvalue weighted by atomic mass is 9.94. The third-order valence-electron chi connectivity index (χ3n) is 4.60. The van der Waals surface area contributed by atoms with Gasteiger partial charge in [-0.15, -0.1) is 6.42 Å². The third-order valence-corrected chi connectivity index (χ3v) is 4.60. The minimum Gasteiger partial charge on any atom is -0.507 e. The number of amides is 1. The smallest absolute Gasteiger partial charge is 0.296 e. The third kappa shape index (κ3) is 3.19. The number of likely N-dealkylation sites (tertiary alicyclic amines) is 1. The van der Waals surface area contributed by atoms with Crippen molar-refractivity contribution in [3.8, 4) is 23.8 Å². The molecule has 6 heteroatoms. The van der Waals surface area contributed by atoms with Gasteiger partial charge in [-0.3, -0.25) is 9.59 Å². The van der Waals surface area contributed by atoms with Gasteiger partial charge in [0.1, 0.15) is 17.3 Å². The zero-order valence-corrected chi connectivity index (χ0v) is 15.5. The quantitative estimate of drug-likeness (QED) is 0.375. The first-order valence-electron chi connectivity index (χ1n) is 8.52. The van der Waals surface area contributed by atoms with Crippen molar-refractivity contribution in [1.29, 1.82) is 0 Å². The molecular weight excluding hydrogens is 358 g/mol. The van der Waals surface area contributed by atoms with Crippen LogP contribution in [0.25, 0.3) is 5.76 Å². The molecule has 3 rings (SSSR count). The van der Waals surface area contributed by atoms with Gasteiger partial charge in [0.15, 0.2) is 0 Å². The molecule has 0 aliphatic carbocycles. The van der Waals surface area contributed by atoms with Crippen LogP contribution >= 0.6 is 0 Å². The van der Waals surface area contributed by atoms with Crippen LogP contribution in [0.15, 0.2) is 54.1 Å². The molecule has 2 aromatic rings. The lowest BCUT2D eigenvalue weighted by Crippen LogP contribution is -2.30. The molecular formula is C22H19NO5. The Morgan fingerprint density at radius 1 is 1.11 bits per heavy atom. The second kappa shape index (κ2) is 7.89. The topological polar surface area (TPSA) is 76.1 Å². The van der Waals surface area contributed by atoms with Crippen molar-refractivity contribution in [2.24, 2.45) is 0 Å². The standard InChI is InChI=1S/C22H19NO5/c1-4-13-23-19(16-7-5-6-8-17(16)28-3)18(21(25)22(23)26)20(24)14-9-11-15(27-2)12-10-14/h1,5-12,19,24H,13H2,2-3H3. The number of hydrogen-bond acceptors (Lipinski definition) is 5. The molecule has 1 fully saturated rings. The van der Waals surface area contributed by atoms with E-state index >= 15 is 0 Å². The Morgan fingerprint density at radius 3 is 2.39 bits per heavy atom. The van der Waals surface area contributed by atoms with Crippen molar-refractivity contribution in [1.82, 2.24) is 4.90 Å². The molecule has 1 heterocycles. The summed E-state index contributed by atoms with van der Waals surface area (Å²) in [4.78, 5) is 26.6. The van der Waals surface area contributed by atoms with Crippen LogP contribution in [0.4, 0.5) is 0 Å². The zero-order valence-electron chi connectivity index (χ0n) is 15.5. The van der Waals surface area contributed by atoms with Gasteiger partial charge in [-0.05, 0) is 30.3 Å². The maximum Gasteiger partial charge on any atom is 0.296 e. The summed E-state index contributed by atoms with van der Waals surface area (Å²) in [5.74, 6) is 1.66. The summed E-state index contributed by atoms with van der Waals surface area (Å²) in [5, 5.41) is 10.9. The lowest BCUT2D eigenvalue weighted by molar-refractivity contribution is -0.139. The highest BCUT2D eigenvalue weighted by molar-refractivity contribution is 6.46. The number of carbonyl (C=O) groups excluding carboxylic acids is 2. The van der Waals surface area contributed by atoms with Gasteiger partial charge < -0.3 is 19.5 Å². The number of nitrogens with zero attached hydrogens (tertiary/aromatic N) is 1. The number of ether oxygens (including phenoxy) is 2. The highest BCUT2D eigenvalue weighted by Crippen LogP contribution is 2.42. The van der Waals surface area contributed by atoms with Crippen LogP contribution in [-0.4, -0.2) is 42.5 Å². The molecule has 1 amide bonds. The number of carbonyl (C=O) groups is 2. The number of rotatable bonds is 5. The maximum absolute atomic E-state index is 12.8. The van der Waals surface area contributed by atoms with Gasteiger partial charge in [0.2, 0.25) is 0 Å². The van der Waals surface area contributed by atoms with Gasteiger partial charge in [-0.25, -0.2) is 0 Å². The summed E-state index contributed by atoms with van der Waals surface area (Å²) in [5.41, 5.74) is 0.920. The van der Waals surface area contributed by atoms with Crippen molar-refractivity contribution in [3.63, 3.8) is 0 Å². The molecule has 142 valence electrons. The van der Waals surface area contributed by atoms with Crippen LogP contribution in [0.5, 0.6) is 11.5 Å². The molecule has 0 radical (unpaired) electrons. The van der Waals surface area contributed by atoms with Gasteiger partial charge in [-0.2, -0.15) is 0 Å². The predicted molar refractivity (Wildman–Crippen MR) is 104 cm³/mol. The fraction of sp³-hybridized carbons (Fsp3) is 0.182. The number of aliphatic hydroxyl groups is 1. The Hall–Kier alpha value is -3.72. The zero-order chi connectivity index (χ0) is 20.3. The Bertz CT molecular complexity index is 985. The van der Waals surface area contributed by atoms with Gasteiger partial charge >= 0.3 is 0 Å². The van der Waals surface area contributed by atoms with E-state index in [0.29, 0.717) is 22.6 Å². The number of hydrogen-bond donors (Lipinski definition) is 1. The summed E-state index contributed by atoms with van der Waals surface area (Å²) in [6.45, 7) is -0.0767. The first-order valence-corrected chi connectivity index (χ1v) is 8.52. The number of ketones is 1. The number of methoxy groups -OCH3 is 2. The molecule has 1 atom stereocenters. The van der Waals surface area contributed by atoms with E-state index in [-0.39, 0.29) is 17.9 Å². The van der Waals surface area contributed by atoms with E-state index in [1.807, 2.05) is 0 Å². The second-order valence-corrected chi connectivity index (χ2v) is 6.10. The van der Waals surface area contributed by atoms with Crippen LogP contribution in [0.1, 0.15) is 17.2 Å². The van der Waals surface area contributed by atoms with E-state index in [1.54, 1.807) is 48.5 Å². The Kier molecular flexibility index (Phi) is 5.37. The Labute approximate surface area is 163 Å². The summed E-state index contributed by atoms with van der Waals surface area (Å²) >= 11 is 0. The largest absolute Gasteiger partial charge is 0.507 e. The van der Waals surface area contributed by atoms with Gasteiger partial charge in [0.25, 0.3) is 11.7 Å². The molecule has 0 saturated carbocycles. The average molecular weight is 377 g/mol. The summed E-state index contributed by atoms with van der Waals surface area (Å²) in [6.07, 6.45) is 5.41. The maximum atomic E-state index is 12.8. The van der Waals surface area contributed by atoms with Crippen LogP contribution < -0.4 is 9.47 Å². The molecule has 28 heavy (non-hydrogen) atoms. The molecule has 0 spiro atoms. The van der Waals surface area contributed by atoms with E-state index in [0.717, 1.165) is 0 Å². The van der Waals surface area contributed by atoms with Gasteiger partial charge in [-0.1, -0.05) is 24.1 Å². The first-order chi connectivity index (χ1) is 13.5. The average Bonchev–Trinajstić information content (AvgIpc) is 2.98. The lowest BCUT2D eigenvalue weighted by Gasteiger charge is -2.24. The van der Waals surface area contributed by atoms with Crippen LogP contribution in [0.2, 0.25) is 0 Å². The highest BCUT2D eigenvalue weighted by Gasteiger charge is 2.46. The fourth-order valence-electron chi connectivity index (χ4n) is 3.26. The Balaban J connectivity index is 2.21. The van der Waals surface area contributed by atoms with Crippen molar-refractivity contribution < 1.29 is 24.2 Å². The van der Waals surface area contributed by atoms with Crippen molar-refractivity contribution in [3.05, 3.63) is 65.2 Å². The van der Waals surface area contributed by atoms with E-state index in [9.17, 15) is 14.7 Å². The van der Waals surface area contributed by atoms with Crippen molar-refractivity contribution in [2.75, 3.05) is 20.8 Å².